The lowest BCUT2D eigenvalue weighted by molar-refractivity contribution is -0.168. The third kappa shape index (κ3) is 1.97. The number of carbonyl (C=O) groups is 1. The molecule has 0 unspecified atom stereocenters. The van der Waals surface area contributed by atoms with Gasteiger partial charge in [-0.3, -0.25) is 4.79 Å². The van der Waals surface area contributed by atoms with Gasteiger partial charge in [0.05, 0.1) is 6.20 Å². The molecule has 4 nitrogen and oxygen atoms in total. The number of carbonyl (C=O) groups excluding carboxylic acids is 1. The van der Waals surface area contributed by atoms with Gasteiger partial charge in [-0.05, 0) is 6.07 Å². The Balaban J connectivity index is 2.60. The van der Waals surface area contributed by atoms with E-state index in [0.717, 1.165) is 0 Å². The quantitative estimate of drug-likeness (QED) is 0.682. The van der Waals surface area contributed by atoms with Crippen LogP contribution >= 0.6 is 0 Å². The van der Waals surface area contributed by atoms with Gasteiger partial charge in [-0.25, -0.2) is 5.43 Å². The Labute approximate surface area is 64.9 Å². The van der Waals surface area contributed by atoms with Crippen LogP contribution in [0, 0.1) is 0 Å². The summed E-state index contributed by atoms with van der Waals surface area (Å²) in [5, 5.41) is 3.35. The molecular weight excluding hydrogens is 175 g/mol. The van der Waals surface area contributed by atoms with Crippen molar-refractivity contribution in [2.24, 2.45) is 0 Å². The fraction of sp³-hybridized carbons (Fsp3) is 0.200. The molecule has 0 spiro atoms. The summed E-state index contributed by atoms with van der Waals surface area (Å²) < 4.78 is 34.8. The second kappa shape index (κ2) is 2.84. The van der Waals surface area contributed by atoms with Crippen LogP contribution < -0.4 is 5.43 Å². The van der Waals surface area contributed by atoms with Gasteiger partial charge in [0.2, 0.25) is 0 Å². The molecule has 0 saturated carbocycles. The lowest BCUT2D eigenvalue weighted by Gasteiger charge is -2.06. The zero-order valence-electron chi connectivity index (χ0n) is 5.67. The minimum Gasteiger partial charge on any atom is -0.263 e. The van der Waals surface area contributed by atoms with Gasteiger partial charge in [-0.15, -0.1) is 0 Å². The first-order valence-corrected chi connectivity index (χ1v) is 2.88. The molecule has 0 fully saturated rings. The molecule has 1 aromatic heterocycles. The molecule has 0 radical (unpaired) electrons. The highest BCUT2D eigenvalue weighted by atomic mass is 19.4. The molecule has 1 heterocycles. The molecule has 66 valence electrons. The molecule has 0 aliphatic carbocycles. The summed E-state index contributed by atoms with van der Waals surface area (Å²) >= 11 is 0. The van der Waals surface area contributed by atoms with Crippen LogP contribution in [-0.4, -0.2) is 22.0 Å². The van der Waals surface area contributed by atoms with Crippen molar-refractivity contribution in [3.63, 3.8) is 0 Å². The first kappa shape index (κ1) is 8.57. The van der Waals surface area contributed by atoms with Crippen molar-refractivity contribution in [1.29, 1.82) is 0 Å². The highest BCUT2D eigenvalue weighted by molar-refractivity contribution is 5.88. The average molecular weight is 179 g/mol. The second-order valence-corrected chi connectivity index (χ2v) is 1.89. The van der Waals surface area contributed by atoms with Crippen LogP contribution in [0.5, 0.6) is 0 Å². The molecular formula is C5H4F3N3O. The van der Waals surface area contributed by atoms with Gasteiger partial charge in [-0.2, -0.15) is 23.1 Å². The Morgan fingerprint density at radius 1 is 1.50 bits per heavy atom. The van der Waals surface area contributed by atoms with Gasteiger partial charge >= 0.3 is 12.1 Å². The first-order chi connectivity index (χ1) is 5.50. The largest absolute Gasteiger partial charge is 0.473 e. The van der Waals surface area contributed by atoms with Crippen LogP contribution in [0.15, 0.2) is 18.5 Å². The van der Waals surface area contributed by atoms with Gasteiger partial charge in [0, 0.05) is 6.20 Å². The number of alkyl halides is 3. The van der Waals surface area contributed by atoms with E-state index in [-0.39, 0.29) is 0 Å². The van der Waals surface area contributed by atoms with E-state index in [1.165, 1.54) is 23.9 Å². The first-order valence-electron chi connectivity index (χ1n) is 2.88. The zero-order valence-corrected chi connectivity index (χ0v) is 5.67. The van der Waals surface area contributed by atoms with Crippen molar-refractivity contribution >= 4 is 5.91 Å². The van der Waals surface area contributed by atoms with E-state index in [0.29, 0.717) is 4.79 Å². The minimum absolute atomic E-state index is 0.676. The van der Waals surface area contributed by atoms with E-state index in [1.807, 2.05) is 0 Å². The lowest BCUT2D eigenvalue weighted by atomic mass is 10.6. The molecule has 12 heavy (non-hydrogen) atoms. The molecule has 0 saturated heterocycles. The van der Waals surface area contributed by atoms with Crippen molar-refractivity contribution in [2.45, 2.75) is 6.18 Å². The number of amides is 1. The van der Waals surface area contributed by atoms with Gasteiger partial charge in [0.1, 0.15) is 0 Å². The lowest BCUT2D eigenvalue weighted by Crippen LogP contribution is -2.35. The average Bonchev–Trinajstić information content (AvgIpc) is 2.37. The highest BCUT2D eigenvalue weighted by Crippen LogP contribution is 2.14. The number of hydrogen-bond acceptors (Lipinski definition) is 2. The van der Waals surface area contributed by atoms with Crippen LogP contribution in [0.2, 0.25) is 0 Å². The van der Waals surface area contributed by atoms with Crippen LogP contribution in [-0.2, 0) is 4.79 Å². The summed E-state index contributed by atoms with van der Waals surface area (Å²) in [6.45, 7) is 0. The summed E-state index contributed by atoms with van der Waals surface area (Å²) in [4.78, 5) is 10.9. The third-order valence-corrected chi connectivity index (χ3v) is 0.978. The van der Waals surface area contributed by atoms with Crippen LogP contribution in [0.1, 0.15) is 0 Å². The highest BCUT2D eigenvalue weighted by Gasteiger charge is 2.39. The molecule has 7 heteroatoms. The molecule has 1 amide bonds. The summed E-state index contributed by atoms with van der Waals surface area (Å²) in [5.41, 5.74) is 1.50. The summed E-state index contributed by atoms with van der Waals surface area (Å²) in [7, 11) is 0. The Hall–Kier alpha value is -1.53. The molecule has 1 N–H and O–H groups in total. The topological polar surface area (TPSA) is 46.9 Å². The Bertz CT molecular complexity index is 266. The smallest absolute Gasteiger partial charge is 0.263 e. The zero-order chi connectivity index (χ0) is 9.19. The maximum absolute atomic E-state index is 11.6. The standard InChI is InChI=1S/C5H4F3N3O/c6-5(7,8)4(12)10-11-3-1-2-9-11/h1-3H,(H,10,12). The fourth-order valence-electron chi connectivity index (χ4n) is 0.502. The van der Waals surface area contributed by atoms with E-state index in [2.05, 4.69) is 5.10 Å². The molecule has 0 aliphatic rings. The van der Waals surface area contributed by atoms with E-state index in [4.69, 9.17) is 0 Å². The van der Waals surface area contributed by atoms with Gasteiger partial charge in [-0.1, -0.05) is 0 Å². The van der Waals surface area contributed by atoms with Crippen LogP contribution in [0.3, 0.4) is 0 Å². The minimum atomic E-state index is -4.88. The second-order valence-electron chi connectivity index (χ2n) is 1.89. The molecule has 0 aliphatic heterocycles. The molecule has 0 aromatic carbocycles. The van der Waals surface area contributed by atoms with E-state index in [9.17, 15) is 18.0 Å². The van der Waals surface area contributed by atoms with Gasteiger partial charge < -0.3 is 0 Å². The van der Waals surface area contributed by atoms with Crippen molar-refractivity contribution < 1.29 is 18.0 Å². The van der Waals surface area contributed by atoms with E-state index >= 15 is 0 Å². The Morgan fingerprint density at radius 3 is 2.58 bits per heavy atom. The molecule has 1 rings (SSSR count). The number of rotatable bonds is 1. The summed E-state index contributed by atoms with van der Waals surface area (Å²) in [6.07, 6.45) is -2.45. The maximum atomic E-state index is 11.6. The van der Waals surface area contributed by atoms with Crippen molar-refractivity contribution in [3.05, 3.63) is 18.5 Å². The Kier molecular flexibility index (Phi) is 2.03. The van der Waals surface area contributed by atoms with Crippen molar-refractivity contribution in [1.82, 2.24) is 9.89 Å². The number of nitrogens with one attached hydrogen (secondary N) is 1. The molecule has 1 aromatic rings. The summed E-state index contributed by atoms with van der Waals surface area (Å²) in [5.74, 6) is -2.05. The van der Waals surface area contributed by atoms with Crippen molar-refractivity contribution in [2.75, 3.05) is 5.43 Å². The van der Waals surface area contributed by atoms with Crippen LogP contribution in [0.4, 0.5) is 13.2 Å². The molecule has 0 atom stereocenters. The van der Waals surface area contributed by atoms with Crippen molar-refractivity contribution in [3.8, 4) is 0 Å². The van der Waals surface area contributed by atoms with E-state index < -0.39 is 12.1 Å². The van der Waals surface area contributed by atoms with Gasteiger partial charge in [0.25, 0.3) is 0 Å². The fourth-order valence-corrected chi connectivity index (χ4v) is 0.502. The molecule has 0 bridgehead atoms. The third-order valence-electron chi connectivity index (χ3n) is 0.978. The number of halogens is 3. The predicted molar refractivity (Wildman–Crippen MR) is 32.6 cm³/mol. The van der Waals surface area contributed by atoms with Crippen LogP contribution in [0.25, 0.3) is 0 Å². The predicted octanol–water partition coefficient (Wildman–Crippen LogP) is 0.515. The monoisotopic (exact) mass is 179 g/mol. The van der Waals surface area contributed by atoms with E-state index in [1.54, 1.807) is 0 Å². The van der Waals surface area contributed by atoms with Gasteiger partial charge in [0.15, 0.2) is 0 Å². The SMILES string of the molecule is O=C(Nn1cccn1)C(F)(F)F. The summed E-state index contributed by atoms with van der Waals surface area (Å²) in [6, 6.07) is 1.39. The normalized spacial score (nSPS) is 11.2. The number of nitrogens with zero attached hydrogens (tertiary/aromatic N) is 2. The Morgan fingerprint density at radius 2 is 2.17 bits per heavy atom. The maximum Gasteiger partial charge on any atom is 0.473 e. The number of hydrogen-bond donors (Lipinski definition) is 1. The number of aromatic nitrogens is 2.